The summed E-state index contributed by atoms with van der Waals surface area (Å²) >= 11 is 0. The van der Waals surface area contributed by atoms with Gasteiger partial charge in [0.15, 0.2) is 0 Å². The molecule has 0 heterocycles. The van der Waals surface area contributed by atoms with Crippen LogP contribution in [0.3, 0.4) is 0 Å². The zero-order chi connectivity index (χ0) is 14.1. The summed E-state index contributed by atoms with van der Waals surface area (Å²) in [7, 11) is 0. The predicted octanol–water partition coefficient (Wildman–Crippen LogP) is 0.871. The van der Waals surface area contributed by atoms with Crippen LogP contribution in [-0.2, 0) is 16.0 Å². The van der Waals surface area contributed by atoms with Gasteiger partial charge < -0.3 is 15.8 Å². The lowest BCUT2D eigenvalue weighted by Crippen LogP contribution is -2.26. The molecule has 0 saturated heterocycles. The molecule has 0 spiro atoms. The first-order valence-electron chi connectivity index (χ1n) is 6.40. The Bertz CT molecular complexity index is 415. The molecule has 104 valence electrons. The van der Waals surface area contributed by atoms with Crippen molar-refractivity contribution in [2.75, 3.05) is 19.7 Å². The lowest BCUT2D eigenvalue weighted by atomic mass is 10.1. The van der Waals surface area contributed by atoms with E-state index >= 15 is 0 Å². The molecule has 0 aliphatic rings. The van der Waals surface area contributed by atoms with Gasteiger partial charge in [-0.05, 0) is 37.6 Å². The van der Waals surface area contributed by atoms with Crippen molar-refractivity contribution in [1.29, 1.82) is 0 Å². The standard InChI is InChI=1S/C14H20N2O3/c1-2-19-13(17)8-10-16-14(18)12-5-3-11(4-6-12)7-9-15/h3-6H,2,7-10,15H2,1H3,(H,16,18). The Labute approximate surface area is 113 Å². The number of carbonyl (C=O) groups is 2. The van der Waals surface area contributed by atoms with Crippen LogP contribution in [0.5, 0.6) is 0 Å². The SMILES string of the molecule is CCOC(=O)CCNC(=O)c1ccc(CCN)cc1. The lowest BCUT2D eigenvalue weighted by molar-refractivity contribution is -0.142. The molecule has 19 heavy (non-hydrogen) atoms. The summed E-state index contributed by atoms with van der Waals surface area (Å²) in [5.41, 5.74) is 7.13. The highest BCUT2D eigenvalue weighted by atomic mass is 16.5. The van der Waals surface area contributed by atoms with Crippen LogP contribution in [0.15, 0.2) is 24.3 Å². The number of benzene rings is 1. The van der Waals surface area contributed by atoms with Crippen LogP contribution in [0, 0.1) is 0 Å². The Morgan fingerprint density at radius 1 is 1.26 bits per heavy atom. The van der Waals surface area contributed by atoms with E-state index in [0.29, 0.717) is 18.7 Å². The summed E-state index contributed by atoms with van der Waals surface area (Å²) in [5, 5.41) is 2.68. The van der Waals surface area contributed by atoms with E-state index in [4.69, 9.17) is 10.5 Å². The average Bonchev–Trinajstić information content (AvgIpc) is 2.40. The van der Waals surface area contributed by atoms with Crippen LogP contribution in [0.4, 0.5) is 0 Å². The number of carbonyl (C=O) groups excluding carboxylic acids is 2. The van der Waals surface area contributed by atoms with E-state index in [1.807, 2.05) is 12.1 Å². The lowest BCUT2D eigenvalue weighted by Gasteiger charge is -2.06. The third kappa shape index (κ3) is 5.52. The molecular weight excluding hydrogens is 244 g/mol. The smallest absolute Gasteiger partial charge is 0.307 e. The third-order valence-corrected chi connectivity index (χ3v) is 2.57. The number of amides is 1. The van der Waals surface area contributed by atoms with Crippen molar-refractivity contribution in [1.82, 2.24) is 5.32 Å². The number of ether oxygens (including phenoxy) is 1. The first-order valence-corrected chi connectivity index (χ1v) is 6.40. The van der Waals surface area contributed by atoms with Gasteiger partial charge in [-0.3, -0.25) is 9.59 Å². The first kappa shape index (κ1) is 15.2. The van der Waals surface area contributed by atoms with Crippen LogP contribution < -0.4 is 11.1 Å². The fourth-order valence-electron chi connectivity index (χ4n) is 1.60. The van der Waals surface area contributed by atoms with Crippen molar-refractivity contribution in [3.8, 4) is 0 Å². The molecule has 0 atom stereocenters. The van der Waals surface area contributed by atoms with Gasteiger partial charge in [-0.2, -0.15) is 0 Å². The summed E-state index contributed by atoms with van der Waals surface area (Å²) in [5.74, 6) is -0.496. The topological polar surface area (TPSA) is 81.4 Å². The Hall–Kier alpha value is -1.88. The maximum atomic E-state index is 11.8. The molecule has 0 aliphatic carbocycles. The molecular formula is C14H20N2O3. The largest absolute Gasteiger partial charge is 0.466 e. The van der Waals surface area contributed by atoms with E-state index in [9.17, 15) is 9.59 Å². The van der Waals surface area contributed by atoms with E-state index in [1.165, 1.54) is 0 Å². The van der Waals surface area contributed by atoms with Crippen LogP contribution in [0.2, 0.25) is 0 Å². The van der Waals surface area contributed by atoms with Crippen LogP contribution in [0.1, 0.15) is 29.3 Å². The van der Waals surface area contributed by atoms with Gasteiger partial charge in [-0.1, -0.05) is 12.1 Å². The van der Waals surface area contributed by atoms with Gasteiger partial charge in [0.2, 0.25) is 0 Å². The van der Waals surface area contributed by atoms with Gasteiger partial charge in [0.1, 0.15) is 0 Å². The molecule has 0 fully saturated rings. The van der Waals surface area contributed by atoms with Crippen LogP contribution >= 0.6 is 0 Å². The normalized spacial score (nSPS) is 10.0. The number of hydrogen-bond acceptors (Lipinski definition) is 4. The molecule has 0 unspecified atom stereocenters. The molecule has 0 aromatic heterocycles. The molecule has 3 N–H and O–H groups in total. The van der Waals surface area contributed by atoms with Crippen molar-refractivity contribution in [3.63, 3.8) is 0 Å². The second-order valence-corrected chi connectivity index (χ2v) is 4.05. The molecule has 1 amide bonds. The summed E-state index contributed by atoms with van der Waals surface area (Å²) in [6.07, 6.45) is 0.982. The fraction of sp³-hybridized carbons (Fsp3) is 0.429. The number of rotatable bonds is 7. The van der Waals surface area contributed by atoms with Crippen molar-refractivity contribution >= 4 is 11.9 Å². The number of esters is 1. The molecule has 5 nitrogen and oxygen atoms in total. The van der Waals surface area contributed by atoms with Crippen molar-refractivity contribution in [2.45, 2.75) is 19.8 Å². The fourth-order valence-corrected chi connectivity index (χ4v) is 1.60. The molecule has 0 saturated carbocycles. The van der Waals surface area contributed by atoms with Crippen molar-refractivity contribution in [3.05, 3.63) is 35.4 Å². The van der Waals surface area contributed by atoms with Crippen molar-refractivity contribution < 1.29 is 14.3 Å². The number of nitrogens with one attached hydrogen (secondary N) is 1. The quantitative estimate of drug-likeness (QED) is 0.716. The second kappa shape index (κ2) is 8.26. The van der Waals surface area contributed by atoms with Gasteiger partial charge in [0, 0.05) is 12.1 Å². The number of hydrogen-bond donors (Lipinski definition) is 2. The van der Waals surface area contributed by atoms with Crippen molar-refractivity contribution in [2.24, 2.45) is 5.73 Å². The minimum Gasteiger partial charge on any atom is -0.466 e. The summed E-state index contributed by atoms with van der Waals surface area (Å²) in [4.78, 5) is 22.9. The summed E-state index contributed by atoms with van der Waals surface area (Å²) in [6, 6.07) is 7.27. The molecule has 0 aliphatic heterocycles. The van der Waals surface area contributed by atoms with E-state index in [2.05, 4.69) is 5.32 Å². The highest BCUT2D eigenvalue weighted by Gasteiger charge is 2.06. The Kier molecular flexibility index (Phi) is 6.60. The van der Waals surface area contributed by atoms with Gasteiger partial charge in [0.25, 0.3) is 5.91 Å². The van der Waals surface area contributed by atoms with E-state index in [1.54, 1.807) is 19.1 Å². The molecule has 1 aromatic carbocycles. The molecule has 1 rings (SSSR count). The molecule has 5 heteroatoms. The zero-order valence-corrected chi connectivity index (χ0v) is 11.1. The van der Waals surface area contributed by atoms with E-state index < -0.39 is 0 Å². The summed E-state index contributed by atoms with van der Waals surface area (Å²) < 4.78 is 4.77. The zero-order valence-electron chi connectivity index (χ0n) is 11.1. The van der Waals surface area contributed by atoms with Gasteiger partial charge in [-0.25, -0.2) is 0 Å². The third-order valence-electron chi connectivity index (χ3n) is 2.57. The minimum absolute atomic E-state index is 0.185. The Balaban J connectivity index is 2.38. The monoisotopic (exact) mass is 264 g/mol. The molecule has 0 bridgehead atoms. The highest BCUT2D eigenvalue weighted by molar-refractivity contribution is 5.94. The van der Waals surface area contributed by atoms with E-state index in [0.717, 1.165) is 12.0 Å². The summed E-state index contributed by atoms with van der Waals surface area (Å²) in [6.45, 7) is 2.97. The molecule has 0 radical (unpaired) electrons. The molecule has 1 aromatic rings. The van der Waals surface area contributed by atoms with E-state index in [-0.39, 0.29) is 24.8 Å². The Morgan fingerprint density at radius 3 is 2.53 bits per heavy atom. The predicted molar refractivity (Wildman–Crippen MR) is 72.8 cm³/mol. The average molecular weight is 264 g/mol. The van der Waals surface area contributed by atoms with Crippen LogP contribution in [0.25, 0.3) is 0 Å². The van der Waals surface area contributed by atoms with Gasteiger partial charge in [-0.15, -0.1) is 0 Å². The maximum absolute atomic E-state index is 11.8. The number of nitrogens with two attached hydrogens (primary N) is 1. The van der Waals surface area contributed by atoms with Gasteiger partial charge in [0.05, 0.1) is 13.0 Å². The van der Waals surface area contributed by atoms with Crippen LogP contribution in [-0.4, -0.2) is 31.6 Å². The Morgan fingerprint density at radius 2 is 1.95 bits per heavy atom. The minimum atomic E-state index is -0.305. The highest BCUT2D eigenvalue weighted by Crippen LogP contribution is 2.04. The second-order valence-electron chi connectivity index (χ2n) is 4.05. The van der Waals surface area contributed by atoms with Gasteiger partial charge >= 0.3 is 5.97 Å². The maximum Gasteiger partial charge on any atom is 0.307 e. The first-order chi connectivity index (χ1) is 9.17.